The minimum atomic E-state index is 0.0893. The second-order valence-corrected chi connectivity index (χ2v) is 9.70. The summed E-state index contributed by atoms with van der Waals surface area (Å²) in [6, 6.07) is 24.7. The molecule has 0 unspecified atom stereocenters. The first-order valence-electron chi connectivity index (χ1n) is 11.6. The Balaban J connectivity index is 1.17. The van der Waals surface area contributed by atoms with Crippen LogP contribution in [0.15, 0.2) is 72.8 Å². The Hall–Kier alpha value is -3.33. The van der Waals surface area contributed by atoms with E-state index in [-0.39, 0.29) is 5.91 Å². The van der Waals surface area contributed by atoms with Crippen LogP contribution in [0.1, 0.15) is 34.3 Å². The van der Waals surface area contributed by atoms with Crippen LogP contribution in [-0.2, 0) is 6.54 Å². The summed E-state index contributed by atoms with van der Waals surface area (Å²) in [6.45, 7) is 4.44. The van der Waals surface area contributed by atoms with Gasteiger partial charge in [-0.05, 0) is 60.7 Å². The number of nitrogens with zero attached hydrogens (tertiary/aromatic N) is 3. The number of benzene rings is 3. The number of ether oxygens (including phenoxy) is 1. The van der Waals surface area contributed by atoms with Crippen LogP contribution in [0.4, 0.5) is 0 Å². The van der Waals surface area contributed by atoms with Crippen molar-refractivity contribution < 1.29 is 9.53 Å². The van der Waals surface area contributed by atoms with Gasteiger partial charge in [0.25, 0.3) is 5.91 Å². The van der Waals surface area contributed by atoms with Crippen LogP contribution in [0.5, 0.6) is 11.5 Å². The Kier molecular flexibility index (Phi) is 6.28. The van der Waals surface area contributed by atoms with E-state index in [1.165, 1.54) is 0 Å². The highest BCUT2D eigenvalue weighted by atomic mass is 35.5. The number of amides is 1. The van der Waals surface area contributed by atoms with Gasteiger partial charge in [0.15, 0.2) is 0 Å². The molecule has 3 aromatic carbocycles. The predicted molar refractivity (Wildman–Crippen MR) is 132 cm³/mol. The number of carbonyl (C=O) groups excluding carboxylic acids is 1. The molecule has 34 heavy (non-hydrogen) atoms. The van der Waals surface area contributed by atoms with Gasteiger partial charge < -0.3 is 9.64 Å². The summed E-state index contributed by atoms with van der Waals surface area (Å²) in [5, 5.41) is 10.0. The van der Waals surface area contributed by atoms with E-state index in [9.17, 15) is 10.1 Å². The Bertz CT molecular complexity index is 1220. The monoisotopic (exact) mass is 471 g/mol. The molecular formula is C28H26ClN3O2. The van der Waals surface area contributed by atoms with Gasteiger partial charge in [0.1, 0.15) is 17.6 Å². The number of carbonyl (C=O) groups is 1. The van der Waals surface area contributed by atoms with Gasteiger partial charge >= 0.3 is 0 Å². The lowest BCUT2D eigenvalue weighted by molar-refractivity contribution is -0.0467. The maximum absolute atomic E-state index is 12.8. The summed E-state index contributed by atoms with van der Waals surface area (Å²) >= 11 is 5.95. The van der Waals surface area contributed by atoms with Crippen molar-refractivity contribution in [3.8, 4) is 17.6 Å². The number of halogens is 1. The summed E-state index contributed by atoms with van der Waals surface area (Å²) < 4.78 is 6.13. The Morgan fingerprint density at radius 1 is 0.941 bits per heavy atom. The van der Waals surface area contributed by atoms with E-state index in [1.807, 2.05) is 41.3 Å². The molecule has 2 saturated heterocycles. The predicted octanol–water partition coefficient (Wildman–Crippen LogP) is 5.74. The third kappa shape index (κ3) is 4.65. The van der Waals surface area contributed by atoms with Gasteiger partial charge in [0.2, 0.25) is 0 Å². The molecule has 0 bridgehead atoms. The molecule has 3 aromatic rings. The van der Waals surface area contributed by atoms with Crippen LogP contribution in [-0.4, -0.2) is 41.9 Å². The summed E-state index contributed by atoms with van der Waals surface area (Å²) in [7, 11) is 0. The first kappa shape index (κ1) is 22.5. The highest BCUT2D eigenvalue weighted by molar-refractivity contribution is 6.30. The molecule has 2 aliphatic rings. The number of hydrogen-bond acceptors (Lipinski definition) is 4. The number of likely N-dealkylation sites (tertiary alicyclic amines) is 2. The Morgan fingerprint density at radius 2 is 1.59 bits per heavy atom. The first-order valence-corrected chi connectivity index (χ1v) is 12.0. The highest BCUT2D eigenvalue weighted by Gasteiger charge is 2.45. The zero-order valence-corrected chi connectivity index (χ0v) is 19.7. The second-order valence-electron chi connectivity index (χ2n) is 9.26. The van der Waals surface area contributed by atoms with E-state index in [2.05, 4.69) is 17.0 Å². The van der Waals surface area contributed by atoms with Crippen LogP contribution in [0.25, 0.3) is 0 Å². The zero-order chi connectivity index (χ0) is 23.5. The van der Waals surface area contributed by atoms with Gasteiger partial charge in [0.05, 0.1) is 5.56 Å². The SMILES string of the molecule is N#Cc1ccccc1Oc1ccccc1CN1CC2(CCN(C(=O)c3ccc(Cl)cc3)CC2)C1. The summed E-state index contributed by atoms with van der Waals surface area (Å²) in [6.07, 6.45) is 2.05. The molecule has 5 nitrogen and oxygen atoms in total. The van der Waals surface area contributed by atoms with Crippen molar-refractivity contribution >= 4 is 17.5 Å². The fourth-order valence-electron chi connectivity index (χ4n) is 5.03. The lowest BCUT2D eigenvalue weighted by atomic mass is 9.71. The highest BCUT2D eigenvalue weighted by Crippen LogP contribution is 2.42. The van der Waals surface area contributed by atoms with E-state index in [1.54, 1.807) is 30.3 Å². The van der Waals surface area contributed by atoms with Crippen LogP contribution < -0.4 is 4.74 Å². The molecule has 1 amide bonds. The molecule has 0 aromatic heterocycles. The number of nitriles is 1. The minimum absolute atomic E-state index is 0.0893. The smallest absolute Gasteiger partial charge is 0.253 e. The van der Waals surface area contributed by atoms with Crippen molar-refractivity contribution in [1.82, 2.24) is 9.80 Å². The molecule has 2 aliphatic heterocycles. The standard InChI is InChI=1S/C28H26ClN3O2/c29-24-11-9-21(10-12-24)27(33)32-15-13-28(14-16-32)19-31(20-28)18-23-6-2-4-8-26(23)34-25-7-3-1-5-22(25)17-30/h1-12H,13-16,18-20H2. The summed E-state index contributed by atoms with van der Waals surface area (Å²) in [5.74, 6) is 1.45. The molecule has 0 atom stereocenters. The van der Waals surface area contributed by atoms with Crippen molar-refractivity contribution in [1.29, 1.82) is 5.26 Å². The molecule has 172 valence electrons. The number of para-hydroxylation sites is 2. The molecule has 2 heterocycles. The largest absolute Gasteiger partial charge is 0.456 e. The lowest BCUT2D eigenvalue weighted by Gasteiger charge is -2.54. The average molecular weight is 472 g/mol. The number of piperidine rings is 1. The second kappa shape index (κ2) is 9.50. The van der Waals surface area contributed by atoms with E-state index >= 15 is 0 Å². The van der Waals surface area contributed by atoms with Gasteiger partial charge in [-0.25, -0.2) is 0 Å². The Labute approximate surface area is 205 Å². The van der Waals surface area contributed by atoms with Crippen molar-refractivity contribution in [2.45, 2.75) is 19.4 Å². The third-order valence-corrected chi connectivity index (χ3v) is 7.17. The molecule has 0 aliphatic carbocycles. The van der Waals surface area contributed by atoms with Gasteiger partial charge in [-0.1, -0.05) is 41.9 Å². The van der Waals surface area contributed by atoms with E-state index < -0.39 is 0 Å². The normalized spacial score (nSPS) is 17.1. The van der Waals surface area contributed by atoms with Crippen molar-refractivity contribution in [3.05, 3.63) is 94.5 Å². The van der Waals surface area contributed by atoms with Crippen molar-refractivity contribution in [3.63, 3.8) is 0 Å². The van der Waals surface area contributed by atoms with Gasteiger partial charge in [-0.15, -0.1) is 0 Å². The molecule has 0 N–H and O–H groups in total. The summed E-state index contributed by atoms with van der Waals surface area (Å²) in [5.41, 5.74) is 2.63. The van der Waals surface area contributed by atoms with E-state index in [0.717, 1.165) is 56.9 Å². The molecule has 1 spiro atoms. The van der Waals surface area contributed by atoms with E-state index in [0.29, 0.717) is 27.3 Å². The van der Waals surface area contributed by atoms with Gasteiger partial charge in [-0.3, -0.25) is 9.69 Å². The fourth-order valence-corrected chi connectivity index (χ4v) is 5.16. The van der Waals surface area contributed by atoms with Gasteiger partial charge in [-0.2, -0.15) is 5.26 Å². The van der Waals surface area contributed by atoms with E-state index in [4.69, 9.17) is 16.3 Å². The zero-order valence-electron chi connectivity index (χ0n) is 18.9. The van der Waals surface area contributed by atoms with Crippen molar-refractivity contribution in [2.75, 3.05) is 26.2 Å². The number of hydrogen-bond donors (Lipinski definition) is 0. The topological polar surface area (TPSA) is 56.6 Å². The van der Waals surface area contributed by atoms with Gasteiger partial charge in [0, 0.05) is 48.9 Å². The molecule has 0 radical (unpaired) electrons. The first-order chi connectivity index (χ1) is 16.5. The van der Waals surface area contributed by atoms with Crippen LogP contribution >= 0.6 is 11.6 Å². The maximum Gasteiger partial charge on any atom is 0.253 e. The molecule has 0 saturated carbocycles. The average Bonchev–Trinajstić information content (AvgIpc) is 2.85. The quantitative estimate of drug-likeness (QED) is 0.476. The van der Waals surface area contributed by atoms with Crippen LogP contribution in [0.2, 0.25) is 5.02 Å². The maximum atomic E-state index is 12.8. The van der Waals surface area contributed by atoms with Crippen LogP contribution in [0.3, 0.4) is 0 Å². The third-order valence-electron chi connectivity index (χ3n) is 6.91. The van der Waals surface area contributed by atoms with Crippen LogP contribution in [0, 0.1) is 16.7 Å². The summed E-state index contributed by atoms with van der Waals surface area (Å²) in [4.78, 5) is 17.2. The molecule has 5 rings (SSSR count). The Morgan fingerprint density at radius 3 is 2.29 bits per heavy atom. The van der Waals surface area contributed by atoms with Crippen molar-refractivity contribution in [2.24, 2.45) is 5.41 Å². The fraction of sp³-hybridized carbons (Fsp3) is 0.286. The molecule has 2 fully saturated rings. The molecule has 6 heteroatoms. The minimum Gasteiger partial charge on any atom is -0.456 e. The lowest BCUT2D eigenvalue weighted by Crippen LogP contribution is -2.60. The molecular weight excluding hydrogens is 446 g/mol. The number of rotatable bonds is 5.